The molecule has 0 unspecified atom stereocenters. The SMILES string of the molecule is Cc1nn(C)c2nc[c]c(Cl)c12. The smallest absolute Gasteiger partial charge is 0.159 e. The lowest BCUT2D eigenvalue weighted by molar-refractivity contribution is 0.774. The molecular formula is C8H7ClN3. The van der Waals surface area contributed by atoms with Crippen LogP contribution >= 0.6 is 11.6 Å². The Balaban J connectivity index is 2.99. The van der Waals surface area contributed by atoms with Gasteiger partial charge in [0.1, 0.15) is 0 Å². The van der Waals surface area contributed by atoms with E-state index in [2.05, 4.69) is 16.1 Å². The average molecular weight is 181 g/mol. The second kappa shape index (κ2) is 2.45. The zero-order chi connectivity index (χ0) is 8.72. The maximum Gasteiger partial charge on any atom is 0.159 e. The molecule has 3 nitrogen and oxygen atoms in total. The molecule has 0 fully saturated rings. The van der Waals surface area contributed by atoms with Gasteiger partial charge in [-0.3, -0.25) is 4.68 Å². The third-order valence-corrected chi connectivity index (χ3v) is 2.09. The summed E-state index contributed by atoms with van der Waals surface area (Å²) in [5.74, 6) is 0. The molecule has 2 heterocycles. The molecule has 0 aromatic carbocycles. The minimum Gasteiger partial charge on any atom is -0.250 e. The zero-order valence-corrected chi connectivity index (χ0v) is 7.55. The molecule has 0 spiro atoms. The van der Waals surface area contributed by atoms with Gasteiger partial charge in [-0.15, -0.1) is 0 Å². The molecule has 0 amide bonds. The molecule has 1 radical (unpaired) electrons. The number of halogens is 1. The predicted molar refractivity (Wildman–Crippen MR) is 47.1 cm³/mol. The number of hydrogen-bond donors (Lipinski definition) is 0. The van der Waals surface area contributed by atoms with Crippen LogP contribution in [-0.4, -0.2) is 14.8 Å². The number of fused-ring (bicyclic) bond motifs is 1. The van der Waals surface area contributed by atoms with Crippen molar-refractivity contribution in [2.75, 3.05) is 0 Å². The highest BCUT2D eigenvalue weighted by Gasteiger charge is 2.08. The van der Waals surface area contributed by atoms with Gasteiger partial charge in [0.15, 0.2) is 5.65 Å². The highest BCUT2D eigenvalue weighted by atomic mass is 35.5. The third-order valence-electron chi connectivity index (χ3n) is 1.79. The number of pyridine rings is 1. The van der Waals surface area contributed by atoms with Crippen LogP contribution in [0.3, 0.4) is 0 Å². The lowest BCUT2D eigenvalue weighted by Crippen LogP contribution is -1.91. The van der Waals surface area contributed by atoms with Crippen LogP contribution in [-0.2, 0) is 7.05 Å². The van der Waals surface area contributed by atoms with Crippen LogP contribution in [0.25, 0.3) is 11.0 Å². The van der Waals surface area contributed by atoms with Crippen LogP contribution in [0.2, 0.25) is 5.02 Å². The Morgan fingerprint density at radius 2 is 2.33 bits per heavy atom. The van der Waals surface area contributed by atoms with Gasteiger partial charge in [-0.25, -0.2) is 4.98 Å². The second-order valence-electron chi connectivity index (χ2n) is 2.62. The van der Waals surface area contributed by atoms with E-state index in [4.69, 9.17) is 11.6 Å². The summed E-state index contributed by atoms with van der Waals surface area (Å²) in [6.07, 6.45) is 1.56. The molecule has 2 aromatic heterocycles. The first-order chi connectivity index (χ1) is 5.70. The minimum atomic E-state index is 0.589. The summed E-state index contributed by atoms with van der Waals surface area (Å²) < 4.78 is 1.71. The van der Waals surface area contributed by atoms with Crippen molar-refractivity contribution < 1.29 is 0 Å². The maximum atomic E-state index is 5.93. The number of nitrogens with zero attached hydrogens (tertiary/aromatic N) is 3. The second-order valence-corrected chi connectivity index (χ2v) is 3.00. The van der Waals surface area contributed by atoms with E-state index in [9.17, 15) is 0 Å². The zero-order valence-electron chi connectivity index (χ0n) is 6.80. The molecule has 0 aliphatic heterocycles. The summed E-state index contributed by atoms with van der Waals surface area (Å²) in [6.45, 7) is 1.91. The van der Waals surface area contributed by atoms with E-state index in [1.54, 1.807) is 10.9 Å². The molecule has 0 N–H and O–H groups in total. The fourth-order valence-electron chi connectivity index (χ4n) is 1.27. The third kappa shape index (κ3) is 0.898. The van der Waals surface area contributed by atoms with Crippen molar-refractivity contribution >= 4 is 22.6 Å². The van der Waals surface area contributed by atoms with Gasteiger partial charge >= 0.3 is 0 Å². The summed E-state index contributed by atoms with van der Waals surface area (Å²) in [7, 11) is 1.85. The van der Waals surface area contributed by atoms with Crippen molar-refractivity contribution in [3.63, 3.8) is 0 Å². The van der Waals surface area contributed by atoms with Crippen LogP contribution in [0, 0.1) is 13.0 Å². The number of aromatic nitrogens is 3. The molecule has 12 heavy (non-hydrogen) atoms. The molecule has 0 aliphatic carbocycles. The Morgan fingerprint density at radius 3 is 3.00 bits per heavy atom. The Bertz CT molecular complexity index is 433. The van der Waals surface area contributed by atoms with Crippen LogP contribution in [0.4, 0.5) is 0 Å². The molecule has 2 aromatic rings. The molecular weight excluding hydrogens is 174 g/mol. The van der Waals surface area contributed by atoms with Crippen molar-refractivity contribution in [2.24, 2.45) is 7.05 Å². The van der Waals surface area contributed by atoms with E-state index in [0.717, 1.165) is 16.7 Å². The number of hydrogen-bond acceptors (Lipinski definition) is 2. The van der Waals surface area contributed by atoms with Gasteiger partial charge in [0.05, 0.1) is 16.1 Å². The molecule has 2 rings (SSSR count). The summed E-state index contributed by atoms with van der Waals surface area (Å²) in [4.78, 5) is 4.12. The number of aryl methyl sites for hydroxylation is 2. The van der Waals surface area contributed by atoms with Crippen LogP contribution in [0.15, 0.2) is 6.20 Å². The van der Waals surface area contributed by atoms with E-state index in [0.29, 0.717) is 5.02 Å². The Labute approximate surface area is 75.0 Å². The normalized spacial score (nSPS) is 10.9. The highest BCUT2D eigenvalue weighted by molar-refractivity contribution is 6.35. The topological polar surface area (TPSA) is 30.7 Å². The molecule has 4 heteroatoms. The van der Waals surface area contributed by atoms with Gasteiger partial charge in [0.2, 0.25) is 0 Å². The lowest BCUT2D eigenvalue weighted by atomic mass is 10.3. The molecule has 0 saturated heterocycles. The predicted octanol–water partition coefficient (Wildman–Crippen LogP) is 1.73. The summed E-state index contributed by atoms with van der Waals surface area (Å²) >= 11 is 5.93. The Kier molecular flexibility index (Phi) is 1.54. The van der Waals surface area contributed by atoms with E-state index < -0.39 is 0 Å². The van der Waals surface area contributed by atoms with Crippen LogP contribution in [0.5, 0.6) is 0 Å². The highest BCUT2D eigenvalue weighted by Crippen LogP contribution is 2.22. The quantitative estimate of drug-likeness (QED) is 0.618. The van der Waals surface area contributed by atoms with Gasteiger partial charge in [-0.2, -0.15) is 5.10 Å². The van der Waals surface area contributed by atoms with Gasteiger partial charge < -0.3 is 0 Å². The summed E-state index contributed by atoms with van der Waals surface area (Å²) in [5, 5.41) is 5.68. The fourth-order valence-corrected chi connectivity index (χ4v) is 1.54. The number of rotatable bonds is 0. The van der Waals surface area contributed by atoms with Crippen molar-refractivity contribution in [1.82, 2.24) is 14.8 Å². The average Bonchev–Trinajstić information content (AvgIpc) is 2.29. The van der Waals surface area contributed by atoms with Gasteiger partial charge in [-0.1, -0.05) is 11.6 Å². The Morgan fingerprint density at radius 1 is 1.58 bits per heavy atom. The first-order valence-corrected chi connectivity index (χ1v) is 3.93. The van der Waals surface area contributed by atoms with Crippen molar-refractivity contribution in [1.29, 1.82) is 0 Å². The first kappa shape index (κ1) is 7.55. The van der Waals surface area contributed by atoms with Gasteiger partial charge in [0.25, 0.3) is 0 Å². The van der Waals surface area contributed by atoms with Crippen molar-refractivity contribution in [3.8, 4) is 0 Å². The molecule has 0 atom stereocenters. The van der Waals surface area contributed by atoms with E-state index >= 15 is 0 Å². The van der Waals surface area contributed by atoms with E-state index in [1.165, 1.54) is 0 Å². The summed E-state index contributed by atoms with van der Waals surface area (Å²) in [6, 6.07) is 2.83. The monoisotopic (exact) mass is 180 g/mol. The molecule has 0 aliphatic rings. The van der Waals surface area contributed by atoms with Gasteiger partial charge in [-0.05, 0) is 6.92 Å². The Hall–Kier alpha value is -1.09. The molecule has 0 saturated carbocycles. The standard InChI is InChI=1S/C8H7ClN3/c1-5-7-6(9)3-4-10-8(7)12(2)11-5/h4H,1-2H3. The van der Waals surface area contributed by atoms with Crippen molar-refractivity contribution in [3.05, 3.63) is 23.0 Å². The fraction of sp³-hybridized carbons (Fsp3) is 0.250. The molecule has 61 valence electrons. The van der Waals surface area contributed by atoms with Crippen LogP contribution in [0.1, 0.15) is 5.69 Å². The maximum absolute atomic E-state index is 5.93. The first-order valence-electron chi connectivity index (χ1n) is 3.55. The lowest BCUT2D eigenvalue weighted by Gasteiger charge is -1.92. The largest absolute Gasteiger partial charge is 0.250 e. The minimum absolute atomic E-state index is 0.589. The molecule has 0 bridgehead atoms. The van der Waals surface area contributed by atoms with E-state index in [-0.39, 0.29) is 0 Å². The van der Waals surface area contributed by atoms with E-state index in [1.807, 2.05) is 14.0 Å². The van der Waals surface area contributed by atoms with Gasteiger partial charge in [0, 0.05) is 19.3 Å². The van der Waals surface area contributed by atoms with Crippen molar-refractivity contribution in [2.45, 2.75) is 6.92 Å². The summed E-state index contributed by atoms with van der Waals surface area (Å²) in [5.41, 5.74) is 1.69. The van der Waals surface area contributed by atoms with Crippen LogP contribution < -0.4 is 0 Å².